The van der Waals surface area contributed by atoms with E-state index >= 15 is 0 Å². The molecule has 0 saturated carbocycles. The molecule has 0 aromatic carbocycles. The number of hydrogen-bond acceptors (Lipinski definition) is 1. The molecule has 0 saturated heterocycles. The van der Waals surface area contributed by atoms with Gasteiger partial charge < -0.3 is 16.8 Å². The van der Waals surface area contributed by atoms with E-state index in [-0.39, 0.29) is 12.4 Å². The van der Waals surface area contributed by atoms with Gasteiger partial charge in [-0.1, -0.05) is 6.07 Å². The van der Waals surface area contributed by atoms with Gasteiger partial charge in [0.05, 0.1) is 11.6 Å². The van der Waals surface area contributed by atoms with E-state index in [0.29, 0.717) is 5.88 Å². The molecule has 2 aromatic rings. The largest absolute Gasteiger partial charge is 1.00 e. The average Bonchev–Trinajstić information content (AvgIpc) is 2.46. The van der Waals surface area contributed by atoms with Crippen molar-refractivity contribution in [2.45, 2.75) is 5.88 Å². The summed E-state index contributed by atoms with van der Waals surface area (Å²) in [6.45, 7) is 0. The molecule has 0 fully saturated rings. The van der Waals surface area contributed by atoms with Crippen LogP contribution in [0.25, 0.3) is 5.65 Å². The van der Waals surface area contributed by atoms with Crippen molar-refractivity contribution < 1.29 is 12.4 Å². The van der Waals surface area contributed by atoms with Crippen LogP contribution in [0.1, 0.15) is 5.69 Å². The predicted molar refractivity (Wildman–Crippen MR) is 44.7 cm³/mol. The van der Waals surface area contributed by atoms with Gasteiger partial charge in [-0.2, -0.15) is 0 Å². The van der Waals surface area contributed by atoms with Crippen LogP contribution < -0.4 is 12.4 Å². The number of aromatic nitrogens is 2. The van der Waals surface area contributed by atoms with Crippen LogP contribution in [0.5, 0.6) is 0 Å². The fraction of sp³-hybridized carbons (Fsp3) is 0.125. The molecule has 0 N–H and O–H groups in total. The Morgan fingerprint density at radius 1 is 1.42 bits per heavy atom. The monoisotopic (exact) mass is 201 g/mol. The number of imidazole rings is 1. The van der Waals surface area contributed by atoms with E-state index in [2.05, 4.69) is 4.98 Å². The van der Waals surface area contributed by atoms with Gasteiger partial charge in [-0.3, -0.25) is 0 Å². The third-order valence-electron chi connectivity index (χ3n) is 1.55. The molecule has 2 nitrogen and oxygen atoms in total. The summed E-state index contributed by atoms with van der Waals surface area (Å²) >= 11 is 5.62. The minimum absolute atomic E-state index is 0. The van der Waals surface area contributed by atoms with Crippen molar-refractivity contribution in [2.24, 2.45) is 0 Å². The second-order valence-corrected chi connectivity index (χ2v) is 2.60. The van der Waals surface area contributed by atoms with Gasteiger partial charge in [-0.25, -0.2) is 4.98 Å². The van der Waals surface area contributed by atoms with Crippen molar-refractivity contribution in [1.82, 2.24) is 9.38 Å². The normalized spacial score (nSPS) is 9.75. The first-order valence-electron chi connectivity index (χ1n) is 3.39. The third kappa shape index (κ3) is 1.54. The fourth-order valence-electron chi connectivity index (χ4n) is 1.05. The first kappa shape index (κ1) is 9.36. The van der Waals surface area contributed by atoms with Crippen molar-refractivity contribution in [3.8, 4) is 0 Å². The lowest BCUT2D eigenvalue weighted by atomic mass is 10.5. The molecular formula is C8H7Cl2N2-. The van der Waals surface area contributed by atoms with E-state index in [9.17, 15) is 0 Å². The van der Waals surface area contributed by atoms with Crippen molar-refractivity contribution >= 4 is 17.2 Å². The third-order valence-corrected chi connectivity index (χ3v) is 1.82. The molecule has 0 spiro atoms. The van der Waals surface area contributed by atoms with Crippen molar-refractivity contribution in [3.63, 3.8) is 0 Å². The summed E-state index contributed by atoms with van der Waals surface area (Å²) in [6.07, 6.45) is 3.89. The highest BCUT2D eigenvalue weighted by Gasteiger charge is 1.96. The van der Waals surface area contributed by atoms with Gasteiger partial charge in [0.1, 0.15) is 5.65 Å². The molecule has 0 bridgehead atoms. The highest BCUT2D eigenvalue weighted by atomic mass is 35.5. The Morgan fingerprint density at radius 3 is 2.92 bits per heavy atom. The van der Waals surface area contributed by atoms with Crippen LogP contribution in [0.15, 0.2) is 30.6 Å². The Bertz CT molecular complexity index is 337. The Morgan fingerprint density at radius 2 is 2.25 bits per heavy atom. The number of nitrogens with zero attached hydrogens (tertiary/aromatic N) is 2. The molecule has 64 valence electrons. The molecule has 2 aromatic heterocycles. The standard InChI is InChI=1S/C8H7ClN2.ClH/c9-5-7-6-11-4-2-1-3-8(11)10-7;/h1-4,6H,5H2;1H/p-1. The molecule has 4 heteroatoms. The second-order valence-electron chi connectivity index (χ2n) is 2.33. The lowest BCUT2D eigenvalue weighted by molar-refractivity contribution is -0.00000228. The Hall–Kier alpha value is -0.730. The van der Waals surface area contributed by atoms with Crippen LogP contribution in [0.3, 0.4) is 0 Å². The molecule has 0 atom stereocenters. The number of alkyl halides is 1. The van der Waals surface area contributed by atoms with Gasteiger partial charge in [-0.05, 0) is 12.1 Å². The SMILES string of the molecule is ClCc1cn2ccccc2n1.[Cl-]. The van der Waals surface area contributed by atoms with Crippen molar-refractivity contribution in [2.75, 3.05) is 0 Å². The predicted octanol–water partition coefficient (Wildman–Crippen LogP) is -0.923. The van der Waals surface area contributed by atoms with Crippen LogP contribution in [0.2, 0.25) is 0 Å². The number of rotatable bonds is 1. The van der Waals surface area contributed by atoms with Crippen LogP contribution in [0.4, 0.5) is 0 Å². The molecule has 2 heterocycles. The summed E-state index contributed by atoms with van der Waals surface area (Å²) in [5, 5.41) is 0. The topological polar surface area (TPSA) is 17.3 Å². The molecular weight excluding hydrogens is 195 g/mol. The highest BCUT2D eigenvalue weighted by molar-refractivity contribution is 6.16. The van der Waals surface area contributed by atoms with Crippen molar-refractivity contribution in [3.05, 3.63) is 36.3 Å². The molecule has 0 aliphatic carbocycles. The first-order chi connectivity index (χ1) is 5.40. The molecule has 0 aliphatic heterocycles. The van der Waals surface area contributed by atoms with E-state index < -0.39 is 0 Å². The molecule has 0 unspecified atom stereocenters. The summed E-state index contributed by atoms with van der Waals surface area (Å²) in [7, 11) is 0. The first-order valence-corrected chi connectivity index (χ1v) is 3.92. The van der Waals surface area contributed by atoms with Crippen LogP contribution in [0, 0.1) is 0 Å². The summed E-state index contributed by atoms with van der Waals surface area (Å²) in [6, 6.07) is 5.88. The second kappa shape index (κ2) is 3.78. The quantitative estimate of drug-likeness (QED) is 0.546. The lowest BCUT2D eigenvalue weighted by Gasteiger charge is -1.86. The van der Waals surface area contributed by atoms with E-state index in [1.807, 2.05) is 35.0 Å². The minimum Gasteiger partial charge on any atom is -1.00 e. The zero-order valence-electron chi connectivity index (χ0n) is 6.24. The number of hydrogen-bond donors (Lipinski definition) is 0. The van der Waals surface area contributed by atoms with Crippen LogP contribution >= 0.6 is 11.6 Å². The van der Waals surface area contributed by atoms with Gasteiger partial charge >= 0.3 is 0 Å². The smallest absolute Gasteiger partial charge is 0.137 e. The maximum atomic E-state index is 5.62. The highest BCUT2D eigenvalue weighted by Crippen LogP contribution is 2.05. The van der Waals surface area contributed by atoms with Gasteiger partial charge in [-0.15, -0.1) is 11.6 Å². The summed E-state index contributed by atoms with van der Waals surface area (Å²) < 4.78 is 1.96. The van der Waals surface area contributed by atoms with Gasteiger partial charge in [0.2, 0.25) is 0 Å². The van der Waals surface area contributed by atoms with Gasteiger partial charge in [0, 0.05) is 12.4 Å². The summed E-state index contributed by atoms with van der Waals surface area (Å²) in [5.41, 5.74) is 1.86. The Balaban J connectivity index is 0.000000720. The van der Waals surface area contributed by atoms with E-state index in [1.54, 1.807) is 0 Å². The molecule has 0 amide bonds. The molecule has 0 aliphatic rings. The summed E-state index contributed by atoms with van der Waals surface area (Å²) in [4.78, 5) is 4.26. The lowest BCUT2D eigenvalue weighted by Crippen LogP contribution is -3.00. The molecule has 12 heavy (non-hydrogen) atoms. The van der Waals surface area contributed by atoms with Crippen LogP contribution in [-0.4, -0.2) is 9.38 Å². The fourth-order valence-corrected chi connectivity index (χ4v) is 1.18. The number of halogens is 2. The number of fused-ring (bicyclic) bond motifs is 1. The molecule has 0 radical (unpaired) electrons. The summed E-state index contributed by atoms with van der Waals surface area (Å²) in [5.74, 6) is 0.474. The number of pyridine rings is 1. The van der Waals surface area contributed by atoms with Crippen molar-refractivity contribution in [1.29, 1.82) is 0 Å². The van der Waals surface area contributed by atoms with Gasteiger partial charge in [0.15, 0.2) is 0 Å². The zero-order chi connectivity index (χ0) is 7.68. The van der Waals surface area contributed by atoms with E-state index in [4.69, 9.17) is 11.6 Å². The van der Waals surface area contributed by atoms with Crippen LogP contribution in [-0.2, 0) is 5.88 Å². The maximum absolute atomic E-state index is 5.62. The zero-order valence-corrected chi connectivity index (χ0v) is 7.76. The molecule has 2 rings (SSSR count). The van der Waals surface area contributed by atoms with E-state index in [1.165, 1.54) is 0 Å². The van der Waals surface area contributed by atoms with Gasteiger partial charge in [0.25, 0.3) is 0 Å². The van der Waals surface area contributed by atoms with E-state index in [0.717, 1.165) is 11.3 Å². The Labute approximate surface area is 81.6 Å². The minimum atomic E-state index is 0. The average molecular weight is 202 g/mol. The maximum Gasteiger partial charge on any atom is 0.137 e. The Kier molecular flexibility index (Phi) is 2.95.